The van der Waals surface area contributed by atoms with Gasteiger partial charge in [0.05, 0.1) is 19.0 Å². The number of ether oxygens (including phenoxy) is 1. The zero-order valence-corrected chi connectivity index (χ0v) is 14.6. The van der Waals surface area contributed by atoms with E-state index in [1.54, 1.807) is 31.5 Å². The summed E-state index contributed by atoms with van der Waals surface area (Å²) in [5.74, 6) is 0.560. The van der Waals surface area contributed by atoms with Gasteiger partial charge in [-0.25, -0.2) is 4.98 Å². The fourth-order valence-corrected chi connectivity index (χ4v) is 3.44. The summed E-state index contributed by atoms with van der Waals surface area (Å²) in [7, 11) is 1.56. The standard InChI is InChI=1S/C18H22ClN3O2/c1-24-17-12-14(19)5-6-16(17)18(23)22-9-3-2-4-15(22)7-10-21-11-8-20-13-21/h5-6,8,11-13,15H,2-4,7,9-10H2,1H3. The van der Waals surface area contributed by atoms with Crippen LogP contribution >= 0.6 is 11.6 Å². The topological polar surface area (TPSA) is 47.4 Å². The Kier molecular flexibility index (Phi) is 5.41. The highest BCUT2D eigenvalue weighted by Gasteiger charge is 2.28. The van der Waals surface area contributed by atoms with Gasteiger partial charge in [-0.2, -0.15) is 0 Å². The molecular weight excluding hydrogens is 326 g/mol. The number of halogens is 1. The van der Waals surface area contributed by atoms with Crippen LogP contribution in [0, 0.1) is 0 Å². The average Bonchev–Trinajstić information content (AvgIpc) is 3.13. The lowest BCUT2D eigenvalue weighted by atomic mass is 9.98. The first-order valence-corrected chi connectivity index (χ1v) is 8.67. The molecule has 1 aliphatic heterocycles. The molecule has 5 nitrogen and oxygen atoms in total. The van der Waals surface area contributed by atoms with Gasteiger partial charge >= 0.3 is 0 Å². The predicted octanol–water partition coefficient (Wildman–Crippen LogP) is 3.63. The third kappa shape index (κ3) is 3.73. The van der Waals surface area contributed by atoms with Crippen LogP contribution in [0.3, 0.4) is 0 Å². The minimum atomic E-state index is 0.0267. The lowest BCUT2D eigenvalue weighted by Crippen LogP contribution is -2.44. The number of benzene rings is 1. The molecule has 1 fully saturated rings. The van der Waals surface area contributed by atoms with Gasteiger partial charge in [0.2, 0.25) is 0 Å². The van der Waals surface area contributed by atoms with Gasteiger partial charge in [-0.05, 0) is 43.9 Å². The van der Waals surface area contributed by atoms with E-state index in [4.69, 9.17) is 16.3 Å². The molecule has 1 aliphatic rings. The van der Waals surface area contributed by atoms with Gasteiger partial charge in [0.25, 0.3) is 5.91 Å². The zero-order chi connectivity index (χ0) is 16.9. The van der Waals surface area contributed by atoms with Crippen molar-refractivity contribution in [2.75, 3.05) is 13.7 Å². The minimum absolute atomic E-state index is 0.0267. The molecule has 2 aromatic rings. The van der Waals surface area contributed by atoms with E-state index in [1.807, 2.05) is 17.4 Å². The second-order valence-electron chi connectivity index (χ2n) is 6.08. The van der Waals surface area contributed by atoms with Crippen LogP contribution in [0.15, 0.2) is 36.9 Å². The third-order valence-electron chi connectivity index (χ3n) is 4.56. The Morgan fingerprint density at radius 2 is 2.29 bits per heavy atom. The Balaban J connectivity index is 1.75. The molecule has 3 rings (SSSR count). The molecule has 128 valence electrons. The van der Waals surface area contributed by atoms with Crippen molar-refractivity contribution in [2.45, 2.75) is 38.3 Å². The van der Waals surface area contributed by atoms with E-state index >= 15 is 0 Å². The normalized spacial score (nSPS) is 17.8. The van der Waals surface area contributed by atoms with Crippen molar-refractivity contribution in [1.82, 2.24) is 14.5 Å². The van der Waals surface area contributed by atoms with E-state index in [-0.39, 0.29) is 11.9 Å². The first-order valence-electron chi connectivity index (χ1n) is 8.29. The van der Waals surface area contributed by atoms with E-state index in [0.717, 1.165) is 38.8 Å². The highest BCUT2D eigenvalue weighted by molar-refractivity contribution is 6.30. The lowest BCUT2D eigenvalue weighted by molar-refractivity contribution is 0.0592. The molecular formula is C18H22ClN3O2. The van der Waals surface area contributed by atoms with Gasteiger partial charge in [0.1, 0.15) is 5.75 Å². The minimum Gasteiger partial charge on any atom is -0.496 e. The molecule has 0 saturated carbocycles. The number of nitrogens with zero attached hydrogens (tertiary/aromatic N) is 3. The number of aromatic nitrogens is 2. The number of piperidine rings is 1. The van der Waals surface area contributed by atoms with E-state index in [1.165, 1.54) is 0 Å². The van der Waals surface area contributed by atoms with E-state index < -0.39 is 0 Å². The maximum atomic E-state index is 13.0. The van der Waals surface area contributed by atoms with Gasteiger partial charge in [0.15, 0.2) is 0 Å². The molecule has 1 unspecified atom stereocenters. The van der Waals surface area contributed by atoms with Crippen molar-refractivity contribution in [2.24, 2.45) is 0 Å². The van der Waals surface area contributed by atoms with Crippen LogP contribution in [0.25, 0.3) is 0 Å². The molecule has 2 heterocycles. The van der Waals surface area contributed by atoms with Crippen molar-refractivity contribution >= 4 is 17.5 Å². The molecule has 1 amide bonds. The number of likely N-dealkylation sites (tertiary alicyclic amines) is 1. The Hall–Kier alpha value is -2.01. The number of imidazole rings is 1. The van der Waals surface area contributed by atoms with Crippen LogP contribution in [0.2, 0.25) is 5.02 Å². The smallest absolute Gasteiger partial charge is 0.257 e. The van der Waals surface area contributed by atoms with E-state index in [9.17, 15) is 4.79 Å². The van der Waals surface area contributed by atoms with Gasteiger partial charge in [-0.1, -0.05) is 11.6 Å². The number of rotatable bonds is 5. The Bertz CT molecular complexity index is 688. The predicted molar refractivity (Wildman–Crippen MR) is 93.5 cm³/mol. The SMILES string of the molecule is COc1cc(Cl)ccc1C(=O)N1CCCCC1CCn1ccnc1. The maximum Gasteiger partial charge on any atom is 0.257 e. The summed E-state index contributed by atoms with van der Waals surface area (Å²) in [5.41, 5.74) is 0.580. The molecule has 0 bridgehead atoms. The second-order valence-corrected chi connectivity index (χ2v) is 6.52. The van der Waals surface area contributed by atoms with Gasteiger partial charge < -0.3 is 14.2 Å². The first-order chi connectivity index (χ1) is 11.7. The zero-order valence-electron chi connectivity index (χ0n) is 13.8. The van der Waals surface area contributed by atoms with Crippen molar-refractivity contribution in [1.29, 1.82) is 0 Å². The summed E-state index contributed by atoms with van der Waals surface area (Å²) in [6.07, 6.45) is 9.73. The van der Waals surface area contributed by atoms with Crippen LogP contribution in [-0.2, 0) is 6.54 Å². The number of hydrogen-bond acceptors (Lipinski definition) is 3. The summed E-state index contributed by atoms with van der Waals surface area (Å²) >= 11 is 6.01. The Morgan fingerprint density at radius 1 is 1.42 bits per heavy atom. The van der Waals surface area contributed by atoms with Crippen LogP contribution in [0.1, 0.15) is 36.0 Å². The number of hydrogen-bond donors (Lipinski definition) is 0. The summed E-state index contributed by atoms with van der Waals surface area (Å²) < 4.78 is 7.40. The number of amides is 1. The monoisotopic (exact) mass is 347 g/mol. The largest absolute Gasteiger partial charge is 0.496 e. The van der Waals surface area contributed by atoms with E-state index in [0.29, 0.717) is 16.3 Å². The highest BCUT2D eigenvalue weighted by atomic mass is 35.5. The fourth-order valence-electron chi connectivity index (χ4n) is 3.28. The summed E-state index contributed by atoms with van der Waals surface area (Å²) in [4.78, 5) is 19.1. The molecule has 24 heavy (non-hydrogen) atoms. The number of aryl methyl sites for hydroxylation is 1. The van der Waals surface area contributed by atoms with Gasteiger partial charge in [-0.3, -0.25) is 4.79 Å². The second kappa shape index (κ2) is 7.71. The third-order valence-corrected chi connectivity index (χ3v) is 4.80. The van der Waals surface area contributed by atoms with Crippen LogP contribution in [0.5, 0.6) is 5.75 Å². The highest BCUT2D eigenvalue weighted by Crippen LogP contribution is 2.28. The quantitative estimate of drug-likeness (QED) is 0.829. The molecule has 1 saturated heterocycles. The lowest BCUT2D eigenvalue weighted by Gasteiger charge is -2.36. The number of carbonyl (C=O) groups excluding carboxylic acids is 1. The molecule has 6 heteroatoms. The summed E-state index contributed by atoms with van der Waals surface area (Å²) in [6.45, 7) is 1.66. The Labute approximate surface area is 147 Å². The summed E-state index contributed by atoms with van der Waals surface area (Å²) in [5, 5.41) is 0.568. The molecule has 0 spiro atoms. The summed E-state index contributed by atoms with van der Waals surface area (Å²) in [6, 6.07) is 5.43. The van der Waals surface area contributed by atoms with E-state index in [2.05, 4.69) is 9.55 Å². The average molecular weight is 348 g/mol. The van der Waals surface area contributed by atoms with Gasteiger partial charge in [-0.15, -0.1) is 0 Å². The van der Waals surface area contributed by atoms with Crippen LogP contribution in [-0.4, -0.2) is 40.1 Å². The van der Waals surface area contributed by atoms with Crippen molar-refractivity contribution in [3.8, 4) is 5.75 Å². The van der Waals surface area contributed by atoms with Gasteiger partial charge in [0, 0.05) is 36.5 Å². The van der Waals surface area contributed by atoms with Crippen molar-refractivity contribution < 1.29 is 9.53 Å². The fraction of sp³-hybridized carbons (Fsp3) is 0.444. The van der Waals surface area contributed by atoms with Crippen molar-refractivity contribution in [3.05, 3.63) is 47.5 Å². The van der Waals surface area contributed by atoms with Crippen LogP contribution in [0.4, 0.5) is 0 Å². The first kappa shape index (κ1) is 16.8. The van der Waals surface area contributed by atoms with Crippen LogP contribution < -0.4 is 4.74 Å². The maximum absolute atomic E-state index is 13.0. The molecule has 1 aromatic carbocycles. The Morgan fingerprint density at radius 3 is 3.04 bits per heavy atom. The number of carbonyl (C=O) groups is 1. The molecule has 0 aliphatic carbocycles. The molecule has 0 radical (unpaired) electrons. The molecule has 1 atom stereocenters. The molecule has 1 aromatic heterocycles. The number of methoxy groups -OCH3 is 1. The van der Waals surface area contributed by atoms with Crippen molar-refractivity contribution in [3.63, 3.8) is 0 Å². The molecule has 0 N–H and O–H groups in total.